The number of rotatable bonds is 7. The number of fused-ring (bicyclic) bond motifs is 1. The first-order chi connectivity index (χ1) is 11.0. The fourth-order valence-electron chi connectivity index (χ4n) is 2.87. The summed E-state index contributed by atoms with van der Waals surface area (Å²) in [6.07, 6.45) is 4.17. The van der Waals surface area contributed by atoms with E-state index in [2.05, 4.69) is 17.6 Å². The molecule has 1 aromatic rings. The van der Waals surface area contributed by atoms with Gasteiger partial charge in [-0.25, -0.2) is 0 Å². The van der Waals surface area contributed by atoms with E-state index in [0.717, 1.165) is 55.7 Å². The zero-order chi connectivity index (χ0) is 16.8. The van der Waals surface area contributed by atoms with E-state index < -0.39 is 0 Å². The third-order valence-electron chi connectivity index (χ3n) is 4.21. The molecule has 2 amide bonds. The van der Waals surface area contributed by atoms with Gasteiger partial charge in [-0.2, -0.15) is 0 Å². The molecule has 126 valence electrons. The number of amides is 2. The first kappa shape index (κ1) is 17.3. The second-order valence-electron chi connectivity index (χ2n) is 6.13. The van der Waals surface area contributed by atoms with Gasteiger partial charge in [0.15, 0.2) is 0 Å². The van der Waals surface area contributed by atoms with Gasteiger partial charge in [-0.05, 0) is 43.5 Å². The van der Waals surface area contributed by atoms with Crippen molar-refractivity contribution in [2.45, 2.75) is 52.5 Å². The van der Waals surface area contributed by atoms with E-state index in [1.165, 1.54) is 0 Å². The van der Waals surface area contributed by atoms with Crippen molar-refractivity contribution in [1.82, 2.24) is 5.32 Å². The highest BCUT2D eigenvalue weighted by Gasteiger charge is 2.22. The Bertz CT molecular complexity index is 571. The molecule has 0 radical (unpaired) electrons. The summed E-state index contributed by atoms with van der Waals surface area (Å²) in [5, 5.41) is 6.20. The number of carbonyl (C=O) groups excluding carboxylic acids is 2. The van der Waals surface area contributed by atoms with E-state index >= 15 is 0 Å². The van der Waals surface area contributed by atoms with Crippen LogP contribution in [0.15, 0.2) is 18.2 Å². The van der Waals surface area contributed by atoms with Gasteiger partial charge in [-0.15, -0.1) is 0 Å². The highest BCUT2D eigenvalue weighted by molar-refractivity contribution is 5.94. The van der Waals surface area contributed by atoms with E-state index in [0.29, 0.717) is 0 Å². The van der Waals surface area contributed by atoms with Gasteiger partial charge in [0.1, 0.15) is 6.04 Å². The molecule has 0 bridgehead atoms. The zero-order valence-electron chi connectivity index (χ0n) is 14.3. The largest absolute Gasteiger partial charge is 0.374 e. The third kappa shape index (κ3) is 4.47. The van der Waals surface area contributed by atoms with Crippen LogP contribution in [-0.4, -0.2) is 30.9 Å². The van der Waals surface area contributed by atoms with Crippen LogP contribution in [0.5, 0.6) is 0 Å². The van der Waals surface area contributed by atoms with Crippen molar-refractivity contribution in [3.63, 3.8) is 0 Å². The lowest BCUT2D eigenvalue weighted by atomic mass is 10.1. The Hall–Kier alpha value is -2.04. The fourth-order valence-corrected chi connectivity index (χ4v) is 2.87. The molecule has 1 unspecified atom stereocenters. The van der Waals surface area contributed by atoms with Crippen molar-refractivity contribution in [2.24, 2.45) is 0 Å². The molecule has 5 nitrogen and oxygen atoms in total. The second-order valence-corrected chi connectivity index (χ2v) is 6.13. The van der Waals surface area contributed by atoms with E-state index in [4.69, 9.17) is 0 Å². The minimum Gasteiger partial charge on any atom is -0.374 e. The maximum atomic E-state index is 12.1. The lowest BCUT2D eigenvalue weighted by molar-refractivity contribution is -0.121. The van der Waals surface area contributed by atoms with Crippen molar-refractivity contribution >= 4 is 23.2 Å². The fraction of sp³-hybridized carbons (Fsp3) is 0.556. The summed E-state index contributed by atoms with van der Waals surface area (Å²) in [4.78, 5) is 25.4. The maximum absolute atomic E-state index is 12.1. The Kier molecular flexibility index (Phi) is 6.02. The second kappa shape index (κ2) is 7.99. The molecular weight excluding hydrogens is 290 g/mol. The minimum atomic E-state index is -0.278. The van der Waals surface area contributed by atoms with Gasteiger partial charge in [0.05, 0.1) is 0 Å². The molecule has 23 heavy (non-hydrogen) atoms. The summed E-state index contributed by atoms with van der Waals surface area (Å²) in [5.74, 6) is 0.0937. The smallest absolute Gasteiger partial charge is 0.242 e. The average Bonchev–Trinajstić information content (AvgIpc) is 2.94. The van der Waals surface area contributed by atoms with Crippen LogP contribution in [0.4, 0.5) is 11.4 Å². The molecular formula is C18H27N3O2. The number of carbonyl (C=O) groups is 2. The van der Waals surface area contributed by atoms with Crippen LogP contribution in [-0.2, 0) is 16.0 Å². The molecule has 1 aliphatic rings. The monoisotopic (exact) mass is 317 g/mol. The zero-order valence-corrected chi connectivity index (χ0v) is 14.3. The molecule has 2 N–H and O–H groups in total. The number of anilines is 2. The summed E-state index contributed by atoms with van der Waals surface area (Å²) in [6.45, 7) is 7.07. The Morgan fingerprint density at radius 3 is 2.78 bits per heavy atom. The van der Waals surface area contributed by atoms with E-state index in [1.807, 2.05) is 25.1 Å². The lowest BCUT2D eigenvalue weighted by Crippen LogP contribution is -2.38. The summed E-state index contributed by atoms with van der Waals surface area (Å²) in [6, 6.07) is 5.65. The molecule has 0 aliphatic carbocycles. The van der Waals surface area contributed by atoms with Crippen LogP contribution in [0.3, 0.4) is 0 Å². The molecule has 0 spiro atoms. The predicted molar refractivity (Wildman–Crippen MR) is 93.8 cm³/mol. The summed E-state index contributed by atoms with van der Waals surface area (Å²) in [7, 11) is 0. The van der Waals surface area contributed by atoms with Gasteiger partial charge < -0.3 is 15.5 Å². The summed E-state index contributed by atoms with van der Waals surface area (Å²) >= 11 is 0. The number of hydrogen-bond donors (Lipinski definition) is 2. The number of nitrogens with zero attached hydrogens (tertiary/aromatic N) is 1. The Balaban J connectivity index is 1.91. The van der Waals surface area contributed by atoms with Gasteiger partial charge in [0.2, 0.25) is 11.8 Å². The molecule has 2 rings (SSSR count). The van der Waals surface area contributed by atoms with Crippen LogP contribution in [0.2, 0.25) is 0 Å². The molecule has 1 aromatic carbocycles. The van der Waals surface area contributed by atoms with E-state index in [9.17, 15) is 9.59 Å². The highest BCUT2D eigenvalue weighted by atomic mass is 16.2. The van der Waals surface area contributed by atoms with Crippen molar-refractivity contribution in [1.29, 1.82) is 0 Å². The molecule has 0 aromatic heterocycles. The van der Waals surface area contributed by atoms with Crippen molar-refractivity contribution < 1.29 is 9.59 Å². The van der Waals surface area contributed by atoms with Crippen molar-refractivity contribution in [3.8, 4) is 0 Å². The molecule has 0 saturated heterocycles. The van der Waals surface area contributed by atoms with Gasteiger partial charge in [0, 0.05) is 31.4 Å². The Labute approximate surface area is 138 Å². The standard InChI is InChI=1S/C18H27N3O2/c1-4-5-6-10-19-18(23)13(2)20-16-7-8-17-15(12-16)9-11-21(17)14(3)22/h7-8,12-13,20H,4-6,9-11H2,1-3H3,(H,19,23). The van der Waals surface area contributed by atoms with Crippen molar-refractivity contribution in [2.75, 3.05) is 23.3 Å². The molecule has 1 atom stereocenters. The number of hydrogen-bond acceptors (Lipinski definition) is 3. The number of nitrogens with one attached hydrogen (secondary N) is 2. The Morgan fingerprint density at radius 2 is 2.09 bits per heavy atom. The third-order valence-corrected chi connectivity index (χ3v) is 4.21. The van der Waals surface area contributed by atoms with Crippen LogP contribution in [0, 0.1) is 0 Å². The maximum Gasteiger partial charge on any atom is 0.242 e. The molecule has 1 heterocycles. The van der Waals surface area contributed by atoms with Gasteiger partial charge >= 0.3 is 0 Å². The molecule has 1 aliphatic heterocycles. The number of unbranched alkanes of at least 4 members (excludes halogenated alkanes) is 2. The van der Waals surface area contributed by atoms with Crippen LogP contribution >= 0.6 is 0 Å². The van der Waals surface area contributed by atoms with Crippen molar-refractivity contribution in [3.05, 3.63) is 23.8 Å². The SMILES string of the molecule is CCCCCNC(=O)C(C)Nc1ccc2c(c1)CCN2C(C)=O. The molecule has 0 saturated carbocycles. The minimum absolute atomic E-state index is 0.0203. The Morgan fingerprint density at radius 1 is 1.30 bits per heavy atom. The average molecular weight is 317 g/mol. The number of benzene rings is 1. The first-order valence-corrected chi connectivity index (χ1v) is 8.48. The van der Waals surface area contributed by atoms with E-state index in [1.54, 1.807) is 11.8 Å². The normalized spacial score (nSPS) is 14.3. The summed E-state index contributed by atoms with van der Waals surface area (Å²) < 4.78 is 0. The van der Waals surface area contributed by atoms with Gasteiger partial charge in [-0.1, -0.05) is 19.8 Å². The van der Waals surface area contributed by atoms with Crippen LogP contribution < -0.4 is 15.5 Å². The molecule has 5 heteroatoms. The topological polar surface area (TPSA) is 61.4 Å². The quantitative estimate of drug-likeness (QED) is 0.760. The summed E-state index contributed by atoms with van der Waals surface area (Å²) in [5.41, 5.74) is 3.06. The first-order valence-electron chi connectivity index (χ1n) is 8.48. The molecule has 0 fully saturated rings. The van der Waals surface area contributed by atoms with Gasteiger partial charge in [-0.3, -0.25) is 9.59 Å². The van der Waals surface area contributed by atoms with Crippen LogP contribution in [0.25, 0.3) is 0 Å². The highest BCUT2D eigenvalue weighted by Crippen LogP contribution is 2.30. The van der Waals surface area contributed by atoms with Gasteiger partial charge in [0.25, 0.3) is 0 Å². The van der Waals surface area contributed by atoms with Crippen LogP contribution in [0.1, 0.15) is 45.6 Å². The predicted octanol–water partition coefficient (Wildman–Crippen LogP) is 2.70. The lowest BCUT2D eigenvalue weighted by Gasteiger charge is -2.17. The van der Waals surface area contributed by atoms with E-state index in [-0.39, 0.29) is 17.9 Å².